The molecule has 0 atom stereocenters. The number of nitrogens with one attached hydrogen (secondary N) is 2. The summed E-state index contributed by atoms with van der Waals surface area (Å²) in [6.45, 7) is 6.99. The van der Waals surface area contributed by atoms with Gasteiger partial charge in [0.1, 0.15) is 5.54 Å². The number of benzene rings is 1. The number of aliphatic carboxylic acids is 1. The van der Waals surface area contributed by atoms with Gasteiger partial charge in [0.15, 0.2) is 0 Å². The third-order valence-corrected chi connectivity index (χ3v) is 6.62. The van der Waals surface area contributed by atoms with E-state index in [0.717, 1.165) is 18.4 Å². The van der Waals surface area contributed by atoms with Crippen molar-refractivity contribution in [1.29, 1.82) is 0 Å². The van der Waals surface area contributed by atoms with Gasteiger partial charge >= 0.3 is 12.0 Å². The lowest BCUT2D eigenvalue weighted by Crippen LogP contribution is -2.52. The summed E-state index contributed by atoms with van der Waals surface area (Å²) < 4.78 is 0. The predicted molar refractivity (Wildman–Crippen MR) is 114 cm³/mol. The number of carbonyl (C=O) groups excluding carboxylic acids is 3. The minimum Gasteiger partial charge on any atom is -0.481 e. The summed E-state index contributed by atoms with van der Waals surface area (Å²) in [6.07, 6.45) is 2.96. The molecule has 1 aromatic rings. The maximum atomic E-state index is 12.7. The number of carboxylic acids is 1. The largest absolute Gasteiger partial charge is 0.481 e. The number of amides is 4. The molecule has 1 aromatic carbocycles. The van der Waals surface area contributed by atoms with Gasteiger partial charge in [-0.2, -0.15) is 0 Å². The van der Waals surface area contributed by atoms with Crippen molar-refractivity contribution in [3.05, 3.63) is 35.4 Å². The van der Waals surface area contributed by atoms with E-state index in [1.54, 1.807) is 29.2 Å². The number of hydrogen-bond donors (Lipinski definition) is 3. The summed E-state index contributed by atoms with van der Waals surface area (Å²) >= 11 is 0. The number of rotatable bonds is 6. The van der Waals surface area contributed by atoms with E-state index < -0.39 is 11.5 Å². The molecule has 3 rings (SSSR count). The number of carboxylic acid groups (broad SMARTS) is 1. The number of urea groups is 1. The van der Waals surface area contributed by atoms with E-state index in [1.165, 1.54) is 0 Å². The Morgan fingerprint density at radius 2 is 1.77 bits per heavy atom. The summed E-state index contributed by atoms with van der Waals surface area (Å²) in [5, 5.41) is 13.7. The molecule has 8 nitrogen and oxygen atoms in total. The number of hydrogen-bond acceptors (Lipinski definition) is 4. The Morgan fingerprint density at radius 1 is 1.16 bits per heavy atom. The second-order valence-electron chi connectivity index (χ2n) is 9.61. The second-order valence-corrected chi connectivity index (χ2v) is 9.61. The highest BCUT2D eigenvalue weighted by Crippen LogP contribution is 2.45. The van der Waals surface area contributed by atoms with E-state index in [9.17, 15) is 19.2 Å². The van der Waals surface area contributed by atoms with Crippen LogP contribution in [-0.4, -0.2) is 45.9 Å². The van der Waals surface area contributed by atoms with Gasteiger partial charge in [-0.1, -0.05) is 32.9 Å². The Morgan fingerprint density at radius 3 is 2.32 bits per heavy atom. The van der Waals surface area contributed by atoms with E-state index in [-0.39, 0.29) is 36.2 Å². The van der Waals surface area contributed by atoms with Crippen LogP contribution in [0.25, 0.3) is 0 Å². The van der Waals surface area contributed by atoms with Crippen LogP contribution in [0.2, 0.25) is 0 Å². The zero-order valence-electron chi connectivity index (χ0n) is 18.4. The molecule has 0 unspecified atom stereocenters. The van der Waals surface area contributed by atoms with Crippen LogP contribution < -0.4 is 10.6 Å². The number of carbonyl (C=O) groups is 4. The van der Waals surface area contributed by atoms with Crippen molar-refractivity contribution in [2.24, 2.45) is 11.3 Å². The maximum Gasteiger partial charge on any atom is 0.325 e. The van der Waals surface area contributed by atoms with Crippen LogP contribution in [0.4, 0.5) is 4.79 Å². The Bertz CT molecular complexity index is 864. The Hall–Kier alpha value is -2.90. The molecule has 3 N–H and O–H groups in total. The average Bonchev–Trinajstić information content (AvgIpc) is 2.92. The molecule has 1 saturated heterocycles. The monoisotopic (exact) mass is 429 g/mol. The fourth-order valence-electron chi connectivity index (χ4n) is 4.61. The molecular formula is C23H31N3O5. The van der Waals surface area contributed by atoms with Crippen molar-refractivity contribution in [2.75, 3.05) is 6.54 Å². The van der Waals surface area contributed by atoms with Gasteiger partial charge in [-0.25, -0.2) is 4.79 Å². The summed E-state index contributed by atoms with van der Waals surface area (Å²) in [4.78, 5) is 49.6. The van der Waals surface area contributed by atoms with Gasteiger partial charge in [0, 0.05) is 18.7 Å². The molecule has 0 bridgehead atoms. The minimum atomic E-state index is -0.973. The van der Waals surface area contributed by atoms with Crippen molar-refractivity contribution in [3.8, 4) is 0 Å². The van der Waals surface area contributed by atoms with Gasteiger partial charge in [-0.3, -0.25) is 19.7 Å². The molecule has 1 heterocycles. The highest BCUT2D eigenvalue weighted by Gasteiger charge is 2.54. The standard InChI is InChI=1S/C23H31N3O5/c1-22(2,3)17-8-11-23(12-9-17)20(30)25-21(31)26(23)14-15-4-6-16(7-5-15)19(29)24-13-10-18(27)28/h4-7,17H,8-14H2,1-3H3,(H,24,29)(H,27,28)(H,25,30,31). The first-order valence-electron chi connectivity index (χ1n) is 10.7. The van der Waals surface area contributed by atoms with E-state index in [1.807, 2.05) is 0 Å². The predicted octanol–water partition coefficient (Wildman–Crippen LogP) is 2.92. The van der Waals surface area contributed by atoms with Crippen molar-refractivity contribution < 1.29 is 24.3 Å². The summed E-state index contributed by atoms with van der Waals surface area (Å²) in [7, 11) is 0. The Labute approximate surface area is 182 Å². The highest BCUT2D eigenvalue weighted by molar-refractivity contribution is 6.07. The SMILES string of the molecule is CC(C)(C)C1CCC2(CC1)C(=O)NC(=O)N2Cc1ccc(C(=O)NCCC(=O)O)cc1. The van der Waals surface area contributed by atoms with Crippen LogP contribution in [0.1, 0.15) is 68.8 Å². The Balaban J connectivity index is 1.68. The molecule has 0 radical (unpaired) electrons. The van der Waals surface area contributed by atoms with Crippen molar-refractivity contribution in [2.45, 2.75) is 65.0 Å². The van der Waals surface area contributed by atoms with Gasteiger partial charge in [-0.05, 0) is 54.7 Å². The molecule has 1 spiro atoms. The molecule has 0 aromatic heterocycles. The zero-order chi connectivity index (χ0) is 22.8. The van der Waals surface area contributed by atoms with Crippen molar-refractivity contribution >= 4 is 23.8 Å². The van der Waals surface area contributed by atoms with Crippen LogP contribution in [-0.2, 0) is 16.1 Å². The lowest BCUT2D eigenvalue weighted by Gasteiger charge is -2.44. The third-order valence-electron chi connectivity index (χ3n) is 6.62. The minimum absolute atomic E-state index is 0.0596. The average molecular weight is 430 g/mol. The van der Waals surface area contributed by atoms with E-state index in [0.29, 0.717) is 30.9 Å². The lowest BCUT2D eigenvalue weighted by molar-refractivity contribution is -0.136. The number of imide groups is 1. The molecule has 1 aliphatic heterocycles. The lowest BCUT2D eigenvalue weighted by atomic mass is 9.67. The highest BCUT2D eigenvalue weighted by atomic mass is 16.4. The fraction of sp³-hybridized carbons (Fsp3) is 0.565. The molecule has 31 heavy (non-hydrogen) atoms. The van der Waals surface area contributed by atoms with Gasteiger partial charge < -0.3 is 15.3 Å². The summed E-state index contributed by atoms with van der Waals surface area (Å²) in [6, 6.07) is 6.44. The third kappa shape index (κ3) is 4.89. The summed E-state index contributed by atoms with van der Waals surface area (Å²) in [5.41, 5.74) is 0.610. The van der Waals surface area contributed by atoms with Gasteiger partial charge in [-0.15, -0.1) is 0 Å². The quantitative estimate of drug-likeness (QED) is 0.602. The van der Waals surface area contributed by atoms with Gasteiger partial charge in [0.05, 0.1) is 6.42 Å². The topological polar surface area (TPSA) is 116 Å². The zero-order valence-corrected chi connectivity index (χ0v) is 18.4. The smallest absolute Gasteiger partial charge is 0.325 e. The first kappa shape index (κ1) is 22.8. The first-order valence-corrected chi connectivity index (χ1v) is 10.7. The van der Waals surface area contributed by atoms with Gasteiger partial charge in [0.2, 0.25) is 0 Å². The van der Waals surface area contributed by atoms with Crippen molar-refractivity contribution in [3.63, 3.8) is 0 Å². The molecule has 1 aliphatic carbocycles. The van der Waals surface area contributed by atoms with Crippen LogP contribution in [0.3, 0.4) is 0 Å². The number of nitrogens with zero attached hydrogens (tertiary/aromatic N) is 1. The molecule has 8 heteroatoms. The molecule has 1 saturated carbocycles. The molecule has 4 amide bonds. The Kier molecular flexibility index (Phi) is 6.38. The van der Waals surface area contributed by atoms with E-state index >= 15 is 0 Å². The molecular weight excluding hydrogens is 398 g/mol. The van der Waals surface area contributed by atoms with E-state index in [2.05, 4.69) is 31.4 Å². The van der Waals surface area contributed by atoms with Crippen molar-refractivity contribution in [1.82, 2.24) is 15.5 Å². The fourth-order valence-corrected chi connectivity index (χ4v) is 4.61. The van der Waals surface area contributed by atoms with Crippen LogP contribution >= 0.6 is 0 Å². The van der Waals surface area contributed by atoms with E-state index in [4.69, 9.17) is 5.11 Å². The second kappa shape index (κ2) is 8.69. The molecule has 2 fully saturated rings. The summed E-state index contributed by atoms with van der Waals surface area (Å²) in [5.74, 6) is -1.01. The molecule has 168 valence electrons. The normalized spacial score (nSPS) is 23.7. The molecule has 2 aliphatic rings. The maximum absolute atomic E-state index is 12.7. The van der Waals surface area contributed by atoms with Gasteiger partial charge in [0.25, 0.3) is 11.8 Å². The van der Waals surface area contributed by atoms with Crippen LogP contribution in [0, 0.1) is 11.3 Å². The first-order chi connectivity index (χ1) is 14.5. The van der Waals surface area contributed by atoms with Crippen LogP contribution in [0.15, 0.2) is 24.3 Å². The van der Waals surface area contributed by atoms with Crippen LogP contribution in [0.5, 0.6) is 0 Å².